The molecule has 0 radical (unpaired) electrons. The van der Waals surface area contributed by atoms with Crippen molar-refractivity contribution in [3.05, 3.63) is 59.1 Å². The van der Waals surface area contributed by atoms with Crippen molar-refractivity contribution in [2.24, 2.45) is 0 Å². The van der Waals surface area contributed by atoms with Gasteiger partial charge in [0.25, 0.3) is 10.0 Å². The Bertz CT molecular complexity index is 994. The lowest BCUT2D eigenvalue weighted by Crippen LogP contribution is -2.14. The first kappa shape index (κ1) is 19.0. The van der Waals surface area contributed by atoms with E-state index in [9.17, 15) is 8.42 Å². The van der Waals surface area contributed by atoms with Crippen LogP contribution in [-0.4, -0.2) is 25.7 Å². The Morgan fingerprint density at radius 3 is 2.69 bits per heavy atom. The van der Waals surface area contributed by atoms with Gasteiger partial charge in [0.2, 0.25) is 5.13 Å². The molecule has 6 nitrogen and oxygen atoms in total. The van der Waals surface area contributed by atoms with Gasteiger partial charge in [-0.2, -0.15) is 0 Å². The topological polar surface area (TPSA) is 81.2 Å². The number of rotatable bonds is 7. The van der Waals surface area contributed by atoms with E-state index in [2.05, 4.69) is 14.9 Å². The summed E-state index contributed by atoms with van der Waals surface area (Å²) in [5, 5.41) is 8.39. The SMILES string of the molecule is COc1ccc(Cl)cc1S(=O)(=O)Nc1nnc(SCc2ccccc2)s1. The average molecular weight is 428 g/mol. The number of anilines is 1. The Hall–Kier alpha value is -1.81. The minimum Gasteiger partial charge on any atom is -0.495 e. The molecule has 0 amide bonds. The zero-order chi connectivity index (χ0) is 18.6. The highest BCUT2D eigenvalue weighted by molar-refractivity contribution is 8.00. The fourth-order valence-corrected chi connectivity index (χ4v) is 5.43. The van der Waals surface area contributed by atoms with Crippen molar-refractivity contribution in [1.29, 1.82) is 0 Å². The van der Waals surface area contributed by atoms with Crippen molar-refractivity contribution in [1.82, 2.24) is 10.2 Å². The second kappa shape index (κ2) is 8.26. The second-order valence-corrected chi connectivity index (χ2v) is 9.34. The molecule has 2 aromatic carbocycles. The molecular weight excluding hydrogens is 414 g/mol. The van der Waals surface area contributed by atoms with Crippen molar-refractivity contribution < 1.29 is 13.2 Å². The molecule has 0 spiro atoms. The molecular formula is C16H14ClN3O3S3. The third-order valence-corrected chi connectivity index (χ3v) is 7.02. The predicted molar refractivity (Wildman–Crippen MR) is 105 cm³/mol. The molecule has 1 N–H and O–H groups in total. The summed E-state index contributed by atoms with van der Waals surface area (Å²) in [5.74, 6) is 0.926. The van der Waals surface area contributed by atoms with Crippen LogP contribution in [0.5, 0.6) is 5.75 Å². The van der Waals surface area contributed by atoms with Crippen molar-refractivity contribution in [2.75, 3.05) is 11.8 Å². The van der Waals surface area contributed by atoms with Gasteiger partial charge in [-0.3, -0.25) is 4.72 Å². The maximum Gasteiger partial charge on any atom is 0.267 e. The van der Waals surface area contributed by atoms with Crippen LogP contribution in [-0.2, 0) is 15.8 Å². The molecule has 0 saturated carbocycles. The maximum atomic E-state index is 12.6. The molecule has 0 fully saturated rings. The van der Waals surface area contributed by atoms with Crippen LogP contribution in [0.2, 0.25) is 5.02 Å². The highest BCUT2D eigenvalue weighted by Gasteiger charge is 2.22. The van der Waals surface area contributed by atoms with Crippen molar-refractivity contribution in [2.45, 2.75) is 15.0 Å². The molecule has 0 unspecified atom stereocenters. The third kappa shape index (κ3) is 4.67. The van der Waals surface area contributed by atoms with Crippen LogP contribution >= 0.6 is 34.7 Å². The van der Waals surface area contributed by atoms with Gasteiger partial charge in [-0.1, -0.05) is 65.0 Å². The zero-order valence-corrected chi connectivity index (χ0v) is 16.8. The number of nitrogens with zero attached hydrogens (tertiary/aromatic N) is 2. The molecule has 1 heterocycles. The van der Waals surface area contributed by atoms with E-state index in [4.69, 9.17) is 16.3 Å². The minimum absolute atomic E-state index is 0.0545. The minimum atomic E-state index is -3.89. The Labute approximate surface area is 164 Å². The summed E-state index contributed by atoms with van der Waals surface area (Å²) in [4.78, 5) is -0.0545. The van der Waals surface area contributed by atoms with E-state index in [1.165, 1.54) is 42.3 Å². The first-order valence-electron chi connectivity index (χ1n) is 7.34. The average Bonchev–Trinajstić information content (AvgIpc) is 3.07. The molecule has 26 heavy (non-hydrogen) atoms. The molecule has 0 saturated heterocycles. The van der Waals surface area contributed by atoms with Crippen molar-refractivity contribution in [3.63, 3.8) is 0 Å². The molecule has 0 bridgehead atoms. The van der Waals surface area contributed by atoms with E-state index in [-0.39, 0.29) is 15.8 Å². The molecule has 1 aromatic heterocycles. The molecule has 0 aliphatic heterocycles. The number of nitrogens with one attached hydrogen (secondary N) is 1. The van der Waals surface area contributed by atoms with Gasteiger partial charge in [-0.25, -0.2) is 8.42 Å². The summed E-state index contributed by atoms with van der Waals surface area (Å²) in [6.45, 7) is 0. The van der Waals surface area contributed by atoms with Crippen LogP contribution in [0.1, 0.15) is 5.56 Å². The first-order chi connectivity index (χ1) is 12.5. The van der Waals surface area contributed by atoms with E-state index in [0.717, 1.165) is 11.3 Å². The molecule has 136 valence electrons. The van der Waals surface area contributed by atoms with Crippen LogP contribution in [0.4, 0.5) is 5.13 Å². The number of aromatic nitrogens is 2. The van der Waals surface area contributed by atoms with E-state index in [1.807, 2.05) is 30.3 Å². The summed E-state index contributed by atoms with van der Waals surface area (Å²) in [6, 6.07) is 14.3. The van der Waals surface area contributed by atoms with Crippen molar-refractivity contribution in [3.8, 4) is 5.75 Å². The smallest absolute Gasteiger partial charge is 0.267 e. The van der Waals surface area contributed by atoms with E-state index in [1.54, 1.807) is 6.07 Å². The second-order valence-electron chi connectivity index (χ2n) is 5.05. The quantitative estimate of drug-likeness (QED) is 0.566. The zero-order valence-electron chi connectivity index (χ0n) is 13.5. The summed E-state index contributed by atoms with van der Waals surface area (Å²) in [5.41, 5.74) is 1.15. The van der Waals surface area contributed by atoms with Crippen molar-refractivity contribution >= 4 is 49.9 Å². The number of ether oxygens (including phenoxy) is 1. The van der Waals surface area contributed by atoms with Crippen LogP contribution in [0.3, 0.4) is 0 Å². The number of sulfonamides is 1. The first-order valence-corrected chi connectivity index (χ1v) is 11.0. The van der Waals surface area contributed by atoms with Gasteiger partial charge in [-0.15, -0.1) is 10.2 Å². The predicted octanol–water partition coefficient (Wildman–Crippen LogP) is 4.29. The van der Waals surface area contributed by atoms with Crippen LogP contribution in [0.25, 0.3) is 0 Å². The van der Waals surface area contributed by atoms with Gasteiger partial charge in [0.1, 0.15) is 10.6 Å². The van der Waals surface area contributed by atoms with Gasteiger partial charge in [0.15, 0.2) is 4.34 Å². The maximum absolute atomic E-state index is 12.6. The summed E-state index contributed by atoms with van der Waals surface area (Å²) < 4.78 is 33.4. The van der Waals surface area contributed by atoms with Crippen LogP contribution in [0.15, 0.2) is 57.8 Å². The lowest BCUT2D eigenvalue weighted by molar-refractivity contribution is 0.403. The highest BCUT2D eigenvalue weighted by atomic mass is 35.5. The normalized spacial score (nSPS) is 11.3. The fourth-order valence-electron chi connectivity index (χ4n) is 2.06. The molecule has 10 heteroatoms. The van der Waals surface area contributed by atoms with Gasteiger partial charge in [0.05, 0.1) is 7.11 Å². The summed E-state index contributed by atoms with van der Waals surface area (Å²) in [6.07, 6.45) is 0. The third-order valence-electron chi connectivity index (χ3n) is 3.25. The number of methoxy groups -OCH3 is 1. The summed E-state index contributed by atoms with van der Waals surface area (Å²) in [7, 11) is -2.50. The lowest BCUT2D eigenvalue weighted by Gasteiger charge is -2.09. The van der Waals surface area contributed by atoms with Gasteiger partial charge >= 0.3 is 0 Å². The molecule has 0 atom stereocenters. The van der Waals surface area contributed by atoms with Gasteiger partial charge in [0, 0.05) is 10.8 Å². The number of hydrogen-bond donors (Lipinski definition) is 1. The Kier molecular flexibility index (Phi) is 6.02. The lowest BCUT2D eigenvalue weighted by atomic mass is 10.2. The largest absolute Gasteiger partial charge is 0.495 e. The molecule has 3 aromatic rings. The Balaban J connectivity index is 1.73. The number of hydrogen-bond acceptors (Lipinski definition) is 7. The summed E-state index contributed by atoms with van der Waals surface area (Å²) >= 11 is 8.57. The van der Waals surface area contributed by atoms with E-state index >= 15 is 0 Å². The number of thioether (sulfide) groups is 1. The Morgan fingerprint density at radius 2 is 1.96 bits per heavy atom. The standard InChI is InChI=1S/C16H14ClN3O3S3/c1-23-13-8-7-12(17)9-14(13)26(21,22)20-15-18-19-16(25-15)24-10-11-5-3-2-4-6-11/h2-9H,10H2,1H3,(H,18,20). The fraction of sp³-hybridized carbons (Fsp3) is 0.125. The number of benzene rings is 2. The Morgan fingerprint density at radius 1 is 1.19 bits per heavy atom. The highest BCUT2D eigenvalue weighted by Crippen LogP contribution is 2.32. The van der Waals surface area contributed by atoms with Gasteiger partial charge < -0.3 is 4.74 Å². The molecule has 0 aliphatic carbocycles. The van der Waals surface area contributed by atoms with Crippen LogP contribution < -0.4 is 9.46 Å². The van der Waals surface area contributed by atoms with Crippen LogP contribution in [0, 0.1) is 0 Å². The molecule has 3 rings (SSSR count). The molecule has 0 aliphatic rings. The van der Waals surface area contributed by atoms with E-state index in [0.29, 0.717) is 9.36 Å². The van der Waals surface area contributed by atoms with E-state index < -0.39 is 10.0 Å². The van der Waals surface area contributed by atoms with Gasteiger partial charge in [-0.05, 0) is 23.8 Å². The monoisotopic (exact) mass is 427 g/mol. The number of halogens is 1.